The lowest BCUT2D eigenvalue weighted by Crippen LogP contribution is -1.94. The molecule has 0 bridgehead atoms. The van der Waals surface area contributed by atoms with E-state index in [0.29, 0.717) is 0 Å². The molecule has 0 aliphatic rings. The van der Waals surface area contributed by atoms with Crippen molar-refractivity contribution in [3.05, 3.63) is 130 Å². The topological polar surface area (TPSA) is 51.6 Å². The molecule has 0 fully saturated rings. The molecule has 4 heteroatoms. The summed E-state index contributed by atoms with van der Waals surface area (Å²) in [4.78, 5) is 17.4. The minimum atomic E-state index is 0.788. The van der Waals surface area contributed by atoms with Crippen molar-refractivity contribution in [3.63, 3.8) is 0 Å². The van der Waals surface area contributed by atoms with Crippen LogP contribution in [0.1, 0.15) is 44.5 Å². The minimum absolute atomic E-state index is 0.788. The average molecular weight is 501 g/mol. The number of hydrogen-bond donors (Lipinski definition) is 0. The number of rotatable bonds is 5. The Kier molecular flexibility index (Phi) is 8.75. The van der Waals surface area contributed by atoms with Crippen molar-refractivity contribution in [1.29, 1.82) is 0 Å². The van der Waals surface area contributed by atoms with E-state index in [4.69, 9.17) is 0 Å². The van der Waals surface area contributed by atoms with Crippen molar-refractivity contribution in [1.82, 2.24) is 19.9 Å². The van der Waals surface area contributed by atoms with Gasteiger partial charge in [0.1, 0.15) is 0 Å². The molecule has 4 nitrogen and oxygen atoms in total. The Balaban J connectivity index is 0.000000194. The maximum absolute atomic E-state index is 4.38. The summed E-state index contributed by atoms with van der Waals surface area (Å²) < 4.78 is 0. The second kappa shape index (κ2) is 12.4. The fourth-order valence-corrected chi connectivity index (χ4v) is 4.03. The highest BCUT2D eigenvalue weighted by atomic mass is 14.9. The second-order valence-electron chi connectivity index (χ2n) is 10.1. The van der Waals surface area contributed by atoms with Gasteiger partial charge in [-0.05, 0) is 105 Å². The lowest BCUT2D eigenvalue weighted by molar-refractivity contribution is 0.956. The molecule has 38 heavy (non-hydrogen) atoms. The standard InChI is InChI=1S/C21H22N2.C13H14N2/c1-15-13-22-21(23-14-15)20-10-8-18(9-11-20)6-7-19-5-4-16(2)17(3)12-19;1-9-7-14-13(15-8-9)12-5-4-10(2)11(3)6-12/h4-5,8-14H,6-7H2,1-3H3;4-8H,1-3H3. The molecule has 0 radical (unpaired) electrons. The molecule has 0 saturated heterocycles. The molecule has 0 saturated carbocycles. The van der Waals surface area contributed by atoms with Gasteiger partial charge in [0.25, 0.3) is 0 Å². The first-order chi connectivity index (χ1) is 18.3. The van der Waals surface area contributed by atoms with E-state index in [0.717, 1.165) is 46.7 Å². The Morgan fingerprint density at radius 2 is 0.842 bits per heavy atom. The molecule has 2 heterocycles. The fourth-order valence-electron chi connectivity index (χ4n) is 4.03. The molecular weight excluding hydrogens is 464 g/mol. The number of nitrogens with zero attached hydrogens (tertiary/aromatic N) is 4. The maximum Gasteiger partial charge on any atom is 0.159 e. The van der Waals surface area contributed by atoms with Gasteiger partial charge in [0, 0.05) is 35.9 Å². The average Bonchev–Trinajstić information content (AvgIpc) is 2.92. The first-order valence-corrected chi connectivity index (χ1v) is 13.1. The van der Waals surface area contributed by atoms with Crippen LogP contribution in [0.4, 0.5) is 0 Å². The third-order valence-electron chi connectivity index (χ3n) is 6.81. The van der Waals surface area contributed by atoms with Gasteiger partial charge < -0.3 is 0 Å². The number of hydrogen-bond acceptors (Lipinski definition) is 4. The third-order valence-corrected chi connectivity index (χ3v) is 6.81. The number of aryl methyl sites for hydroxylation is 8. The summed E-state index contributed by atoms with van der Waals surface area (Å²) in [6.45, 7) is 12.5. The van der Waals surface area contributed by atoms with Crippen LogP contribution >= 0.6 is 0 Å². The van der Waals surface area contributed by atoms with Crippen LogP contribution in [0.3, 0.4) is 0 Å². The molecule has 5 aromatic rings. The van der Waals surface area contributed by atoms with Gasteiger partial charge in [0.2, 0.25) is 0 Å². The minimum Gasteiger partial charge on any atom is -0.236 e. The van der Waals surface area contributed by atoms with E-state index in [1.165, 1.54) is 33.4 Å². The molecule has 0 unspecified atom stereocenters. The van der Waals surface area contributed by atoms with E-state index in [9.17, 15) is 0 Å². The SMILES string of the molecule is Cc1cnc(-c2ccc(C)c(C)c2)nc1.Cc1cnc(-c2ccc(CCc3ccc(C)c(C)c3)cc2)nc1. The summed E-state index contributed by atoms with van der Waals surface area (Å²) in [6, 6.07) is 21.6. The first-order valence-electron chi connectivity index (χ1n) is 13.1. The van der Waals surface area contributed by atoms with Gasteiger partial charge in [-0.25, -0.2) is 19.9 Å². The molecule has 0 spiro atoms. The van der Waals surface area contributed by atoms with Gasteiger partial charge >= 0.3 is 0 Å². The largest absolute Gasteiger partial charge is 0.236 e. The van der Waals surface area contributed by atoms with Gasteiger partial charge in [0.15, 0.2) is 11.6 Å². The van der Waals surface area contributed by atoms with E-state index in [1.807, 2.05) is 38.6 Å². The highest BCUT2D eigenvalue weighted by molar-refractivity contribution is 5.57. The van der Waals surface area contributed by atoms with Crippen molar-refractivity contribution in [2.45, 2.75) is 54.4 Å². The summed E-state index contributed by atoms with van der Waals surface area (Å²) in [6.07, 6.45) is 9.53. The zero-order valence-corrected chi connectivity index (χ0v) is 23.3. The molecule has 0 aliphatic heterocycles. The molecular formula is C34H36N4. The van der Waals surface area contributed by atoms with Crippen LogP contribution in [-0.2, 0) is 12.8 Å². The number of benzene rings is 3. The van der Waals surface area contributed by atoms with Gasteiger partial charge in [-0.3, -0.25) is 0 Å². The monoisotopic (exact) mass is 500 g/mol. The summed E-state index contributed by atoms with van der Waals surface area (Å²) in [5, 5.41) is 0. The van der Waals surface area contributed by atoms with Crippen LogP contribution in [-0.4, -0.2) is 19.9 Å². The highest BCUT2D eigenvalue weighted by Crippen LogP contribution is 2.19. The van der Waals surface area contributed by atoms with Gasteiger partial charge in [-0.15, -0.1) is 0 Å². The summed E-state index contributed by atoms with van der Waals surface area (Å²) in [5.41, 5.74) is 12.4. The summed E-state index contributed by atoms with van der Waals surface area (Å²) in [7, 11) is 0. The maximum atomic E-state index is 4.38. The van der Waals surface area contributed by atoms with Crippen LogP contribution in [0.25, 0.3) is 22.8 Å². The molecule has 192 valence electrons. The Labute approximate surface area is 226 Å². The molecule has 3 aromatic carbocycles. The first kappa shape index (κ1) is 26.9. The van der Waals surface area contributed by atoms with Crippen molar-refractivity contribution in [2.75, 3.05) is 0 Å². The normalized spacial score (nSPS) is 10.6. The van der Waals surface area contributed by atoms with Crippen molar-refractivity contribution < 1.29 is 0 Å². The highest BCUT2D eigenvalue weighted by Gasteiger charge is 2.03. The number of aromatic nitrogens is 4. The summed E-state index contributed by atoms with van der Waals surface area (Å²) in [5.74, 6) is 1.58. The zero-order chi connectivity index (χ0) is 27.1. The smallest absolute Gasteiger partial charge is 0.159 e. The zero-order valence-electron chi connectivity index (χ0n) is 23.3. The predicted octanol–water partition coefficient (Wildman–Crippen LogP) is 7.92. The van der Waals surface area contributed by atoms with E-state index in [2.05, 4.69) is 108 Å². The van der Waals surface area contributed by atoms with Gasteiger partial charge in [-0.1, -0.05) is 54.6 Å². The lowest BCUT2D eigenvalue weighted by atomic mass is 10.00. The van der Waals surface area contributed by atoms with E-state index >= 15 is 0 Å². The molecule has 2 aromatic heterocycles. The van der Waals surface area contributed by atoms with E-state index in [-0.39, 0.29) is 0 Å². The van der Waals surface area contributed by atoms with Crippen LogP contribution in [0.2, 0.25) is 0 Å². The van der Waals surface area contributed by atoms with Crippen LogP contribution in [0, 0.1) is 41.5 Å². The fraction of sp³-hybridized carbons (Fsp3) is 0.235. The van der Waals surface area contributed by atoms with Crippen molar-refractivity contribution in [2.24, 2.45) is 0 Å². The van der Waals surface area contributed by atoms with E-state index < -0.39 is 0 Å². The molecule has 5 rings (SSSR count). The third kappa shape index (κ3) is 7.19. The van der Waals surface area contributed by atoms with Gasteiger partial charge in [-0.2, -0.15) is 0 Å². The van der Waals surface area contributed by atoms with Crippen molar-refractivity contribution in [3.8, 4) is 22.8 Å². The Hall–Kier alpha value is -4.18. The Morgan fingerprint density at radius 1 is 0.421 bits per heavy atom. The molecule has 0 N–H and O–H groups in total. The van der Waals surface area contributed by atoms with Crippen molar-refractivity contribution >= 4 is 0 Å². The Morgan fingerprint density at radius 3 is 1.37 bits per heavy atom. The lowest BCUT2D eigenvalue weighted by Gasteiger charge is -2.06. The van der Waals surface area contributed by atoms with Crippen LogP contribution in [0.5, 0.6) is 0 Å². The summed E-state index contributed by atoms with van der Waals surface area (Å²) >= 11 is 0. The second-order valence-corrected chi connectivity index (χ2v) is 10.1. The molecule has 0 atom stereocenters. The molecule has 0 aliphatic carbocycles. The molecule has 0 amide bonds. The quantitative estimate of drug-likeness (QED) is 0.246. The Bertz CT molecular complexity index is 1490. The predicted molar refractivity (Wildman–Crippen MR) is 157 cm³/mol. The van der Waals surface area contributed by atoms with Crippen LogP contribution < -0.4 is 0 Å². The van der Waals surface area contributed by atoms with Gasteiger partial charge in [0.05, 0.1) is 0 Å². The van der Waals surface area contributed by atoms with Crippen LogP contribution in [0.15, 0.2) is 85.5 Å². The van der Waals surface area contributed by atoms with E-state index in [1.54, 1.807) is 0 Å².